The van der Waals surface area contributed by atoms with E-state index in [0.29, 0.717) is 5.56 Å². The second-order valence-electron chi connectivity index (χ2n) is 10.9. The summed E-state index contributed by atoms with van der Waals surface area (Å²) in [5.41, 5.74) is -0.263. The van der Waals surface area contributed by atoms with Crippen LogP contribution in [0.4, 0.5) is 13.2 Å². The highest BCUT2D eigenvalue weighted by Crippen LogP contribution is 2.32. The van der Waals surface area contributed by atoms with Gasteiger partial charge in [0.15, 0.2) is 18.3 Å². The number of hydrogen-bond donors (Lipinski definition) is 1. The van der Waals surface area contributed by atoms with E-state index >= 15 is 0 Å². The first-order valence-corrected chi connectivity index (χ1v) is 14.9. The molecule has 0 bridgehead atoms. The summed E-state index contributed by atoms with van der Waals surface area (Å²) in [6.07, 6.45) is -13.2. The minimum atomic E-state index is -4.86. The van der Waals surface area contributed by atoms with Gasteiger partial charge in [0.05, 0.1) is 18.5 Å². The molecular formula is C31H31F3N4O13. The van der Waals surface area contributed by atoms with Gasteiger partial charge in [0.25, 0.3) is 5.56 Å². The van der Waals surface area contributed by atoms with E-state index in [1.54, 1.807) is 6.92 Å². The summed E-state index contributed by atoms with van der Waals surface area (Å²) >= 11 is 0. The van der Waals surface area contributed by atoms with Crippen LogP contribution in [0.2, 0.25) is 0 Å². The highest BCUT2D eigenvalue weighted by atomic mass is 19.4. The lowest BCUT2D eigenvalue weighted by Crippen LogP contribution is -2.64. The Morgan fingerprint density at radius 3 is 2.08 bits per heavy atom. The molecule has 0 aliphatic carbocycles. The first-order valence-electron chi connectivity index (χ1n) is 14.9. The molecule has 1 aliphatic rings. The Labute approximate surface area is 285 Å². The topological polar surface area (TPSA) is 210 Å². The van der Waals surface area contributed by atoms with Crippen LogP contribution in [0.3, 0.4) is 0 Å². The predicted molar refractivity (Wildman–Crippen MR) is 161 cm³/mol. The maximum absolute atomic E-state index is 13.4. The predicted octanol–water partition coefficient (Wildman–Crippen LogP) is 1.64. The number of esters is 4. The molecule has 0 saturated carbocycles. The number of carbonyl (C=O) groups is 5. The number of nitrogens with one attached hydrogen (secondary N) is 1. The van der Waals surface area contributed by atoms with Crippen LogP contribution in [-0.2, 0) is 54.2 Å². The first kappa shape index (κ1) is 38.0. The van der Waals surface area contributed by atoms with Crippen molar-refractivity contribution in [1.29, 1.82) is 0 Å². The number of amides is 1. The second kappa shape index (κ2) is 15.8. The number of nitrogens with zero attached hydrogens (tertiary/aromatic N) is 3. The summed E-state index contributed by atoms with van der Waals surface area (Å²) < 4.78 is 74.2. The standard InChI is InChI=1S/C31H31F3N4O13/c1-14(18-6-8-19(9-7-18)51-31(32,33)34)35-23(42)13-38-28(43)21-12-20(10-11-22(21)36-37-38)49-30-27(48-17(4)41)25(47-16(3)40)24(46-15(2)39)26(50-30)29(44)45-5/h6-12,14,24-27,30H,13H2,1-5H3,(H,35,42)/t14-,24-,25-,26-,27+,30+/m0/s1. The molecule has 6 atom stereocenters. The molecule has 1 aliphatic heterocycles. The van der Waals surface area contributed by atoms with Crippen molar-refractivity contribution in [2.24, 2.45) is 0 Å². The number of rotatable bonds is 11. The van der Waals surface area contributed by atoms with Crippen LogP contribution in [0.5, 0.6) is 11.5 Å². The smallest absolute Gasteiger partial charge is 0.467 e. The van der Waals surface area contributed by atoms with Gasteiger partial charge in [0.1, 0.15) is 23.6 Å². The third-order valence-corrected chi connectivity index (χ3v) is 7.06. The molecule has 3 aromatic rings. The summed E-state index contributed by atoms with van der Waals surface area (Å²) in [6, 6.07) is 8.01. The number of fused-ring (bicyclic) bond motifs is 1. The lowest BCUT2D eigenvalue weighted by Gasteiger charge is -2.43. The number of halogens is 3. The molecule has 4 rings (SSSR count). The number of aromatic nitrogens is 3. The van der Waals surface area contributed by atoms with Crippen LogP contribution in [-0.4, -0.2) is 89.0 Å². The van der Waals surface area contributed by atoms with Gasteiger partial charge < -0.3 is 38.5 Å². The molecule has 0 spiro atoms. The van der Waals surface area contributed by atoms with Crippen LogP contribution >= 0.6 is 0 Å². The summed E-state index contributed by atoms with van der Waals surface area (Å²) in [5.74, 6) is -4.95. The quantitative estimate of drug-likeness (QED) is 0.220. The molecule has 51 heavy (non-hydrogen) atoms. The zero-order valence-electron chi connectivity index (χ0n) is 27.5. The Balaban J connectivity index is 1.58. The molecule has 1 aromatic heterocycles. The number of hydrogen-bond acceptors (Lipinski definition) is 15. The SMILES string of the molecule is COC(=O)[C@H]1O[C@@H](Oc2ccc3nnn(CC(=O)N[C@@H](C)c4ccc(OC(F)(F)F)cc4)c(=O)c3c2)[C@H](OC(C)=O)[C@@H](OC(C)=O)[C@@H]1OC(C)=O. The van der Waals surface area contributed by atoms with E-state index in [1.165, 1.54) is 30.3 Å². The van der Waals surface area contributed by atoms with Crippen molar-refractivity contribution in [3.63, 3.8) is 0 Å². The van der Waals surface area contributed by atoms with E-state index in [0.717, 1.165) is 44.7 Å². The Kier molecular flexibility index (Phi) is 11.8. The fraction of sp³-hybridized carbons (Fsp3) is 0.419. The maximum atomic E-state index is 13.4. The van der Waals surface area contributed by atoms with E-state index < -0.39 is 90.7 Å². The molecule has 1 fully saturated rings. The molecule has 274 valence electrons. The molecular weight excluding hydrogens is 693 g/mol. The van der Waals surface area contributed by atoms with E-state index in [4.69, 9.17) is 28.4 Å². The average molecular weight is 725 g/mol. The van der Waals surface area contributed by atoms with Crippen molar-refractivity contribution in [3.05, 3.63) is 58.4 Å². The van der Waals surface area contributed by atoms with Gasteiger partial charge in [-0.3, -0.25) is 24.0 Å². The van der Waals surface area contributed by atoms with Gasteiger partial charge in [-0.25, -0.2) is 9.48 Å². The molecule has 2 heterocycles. The van der Waals surface area contributed by atoms with Crippen molar-refractivity contribution in [1.82, 2.24) is 20.3 Å². The van der Waals surface area contributed by atoms with Crippen molar-refractivity contribution in [2.75, 3.05) is 7.11 Å². The van der Waals surface area contributed by atoms with Gasteiger partial charge in [-0.15, -0.1) is 18.3 Å². The fourth-order valence-electron chi connectivity index (χ4n) is 5.01. The van der Waals surface area contributed by atoms with E-state index in [-0.39, 0.29) is 16.7 Å². The molecule has 0 radical (unpaired) electrons. The normalized spacial score (nSPS) is 20.7. The fourth-order valence-corrected chi connectivity index (χ4v) is 5.01. The van der Waals surface area contributed by atoms with Gasteiger partial charge in [0, 0.05) is 20.8 Å². The van der Waals surface area contributed by atoms with Gasteiger partial charge >= 0.3 is 30.2 Å². The molecule has 17 nitrogen and oxygen atoms in total. The summed E-state index contributed by atoms with van der Waals surface area (Å²) in [4.78, 5) is 74.9. The number of benzene rings is 2. The lowest BCUT2D eigenvalue weighted by molar-refractivity contribution is -0.282. The molecule has 1 saturated heterocycles. The third kappa shape index (κ3) is 9.90. The molecule has 0 unspecified atom stereocenters. The summed E-state index contributed by atoms with van der Waals surface area (Å²) in [5, 5.41) is 10.2. The zero-order chi connectivity index (χ0) is 37.6. The number of methoxy groups -OCH3 is 1. The Morgan fingerprint density at radius 1 is 0.902 bits per heavy atom. The molecule has 20 heteroatoms. The van der Waals surface area contributed by atoms with Gasteiger partial charge in [-0.05, 0) is 42.8 Å². The van der Waals surface area contributed by atoms with Crippen LogP contribution < -0.4 is 20.3 Å². The van der Waals surface area contributed by atoms with Crippen molar-refractivity contribution in [2.45, 2.75) is 77.3 Å². The number of ether oxygens (including phenoxy) is 7. The zero-order valence-corrected chi connectivity index (χ0v) is 27.5. The van der Waals surface area contributed by atoms with Crippen LogP contribution in [0.25, 0.3) is 10.9 Å². The van der Waals surface area contributed by atoms with E-state index in [1.807, 2.05) is 0 Å². The minimum absolute atomic E-state index is 0.0831. The van der Waals surface area contributed by atoms with Gasteiger partial charge in [-0.1, -0.05) is 17.3 Å². The summed E-state index contributed by atoms with van der Waals surface area (Å²) in [6.45, 7) is 4.05. The number of alkyl halides is 3. The van der Waals surface area contributed by atoms with E-state index in [2.05, 4.69) is 20.4 Å². The largest absolute Gasteiger partial charge is 0.573 e. The van der Waals surface area contributed by atoms with Crippen LogP contribution in [0.15, 0.2) is 47.3 Å². The van der Waals surface area contributed by atoms with Crippen molar-refractivity contribution >= 4 is 40.7 Å². The van der Waals surface area contributed by atoms with Crippen LogP contribution in [0, 0.1) is 0 Å². The Bertz CT molecular complexity index is 1850. The number of carbonyl (C=O) groups excluding carboxylic acids is 5. The van der Waals surface area contributed by atoms with Gasteiger partial charge in [-0.2, -0.15) is 0 Å². The highest BCUT2D eigenvalue weighted by molar-refractivity contribution is 5.80. The summed E-state index contributed by atoms with van der Waals surface area (Å²) in [7, 11) is 1.02. The first-order chi connectivity index (χ1) is 23.9. The van der Waals surface area contributed by atoms with Crippen molar-refractivity contribution < 1.29 is 70.3 Å². The Morgan fingerprint density at radius 2 is 1.49 bits per heavy atom. The third-order valence-electron chi connectivity index (χ3n) is 7.06. The maximum Gasteiger partial charge on any atom is 0.573 e. The highest BCUT2D eigenvalue weighted by Gasteiger charge is 2.55. The average Bonchev–Trinajstić information content (AvgIpc) is 3.03. The molecule has 1 N–H and O–H groups in total. The van der Waals surface area contributed by atoms with Crippen LogP contribution in [0.1, 0.15) is 39.3 Å². The molecule has 1 amide bonds. The Hall–Kier alpha value is -5.79. The lowest BCUT2D eigenvalue weighted by atomic mass is 9.97. The van der Waals surface area contributed by atoms with Gasteiger partial charge in [0.2, 0.25) is 18.3 Å². The monoisotopic (exact) mass is 724 g/mol. The minimum Gasteiger partial charge on any atom is -0.467 e. The molecule has 2 aromatic carbocycles. The second-order valence-corrected chi connectivity index (χ2v) is 10.9. The van der Waals surface area contributed by atoms with E-state index in [9.17, 15) is 41.9 Å². The van der Waals surface area contributed by atoms with Crippen molar-refractivity contribution in [3.8, 4) is 11.5 Å².